The van der Waals surface area contributed by atoms with E-state index in [2.05, 4.69) is 0 Å². The lowest BCUT2D eigenvalue weighted by atomic mass is 10.1. The number of benzene rings is 1. The van der Waals surface area contributed by atoms with Crippen LogP contribution in [-0.2, 0) is 9.59 Å². The van der Waals surface area contributed by atoms with Gasteiger partial charge in [-0.05, 0) is 23.9 Å². The third kappa shape index (κ3) is 3.16. The minimum absolute atomic E-state index is 0.0338. The zero-order chi connectivity index (χ0) is 18.8. The smallest absolute Gasteiger partial charge is 0.326 e. The maximum atomic E-state index is 12.9. The molecular weight excluding hydrogens is 360 g/mol. The number of hydrogen-bond acceptors (Lipinski definition) is 6. The average molecular weight is 374 g/mol. The van der Waals surface area contributed by atoms with Gasteiger partial charge in [-0.1, -0.05) is 13.0 Å². The van der Waals surface area contributed by atoms with E-state index in [9.17, 15) is 24.8 Å². The van der Waals surface area contributed by atoms with Crippen molar-refractivity contribution in [2.24, 2.45) is 0 Å². The van der Waals surface area contributed by atoms with Crippen molar-refractivity contribution in [3.8, 4) is 5.75 Å². The second kappa shape index (κ2) is 6.96. The molecule has 2 aromatic rings. The number of anilines is 1. The van der Waals surface area contributed by atoms with Gasteiger partial charge in [0.1, 0.15) is 6.04 Å². The summed E-state index contributed by atoms with van der Waals surface area (Å²) < 4.78 is 5.62. The summed E-state index contributed by atoms with van der Waals surface area (Å²) in [6.45, 7) is 1.63. The largest absolute Gasteiger partial charge is 0.480 e. The van der Waals surface area contributed by atoms with Crippen LogP contribution in [0.5, 0.6) is 5.75 Å². The molecule has 1 aromatic heterocycles. The summed E-state index contributed by atoms with van der Waals surface area (Å²) in [5.41, 5.74) is -0.183. The molecule has 1 unspecified atom stereocenters. The number of fused-ring (bicyclic) bond motifs is 1. The maximum Gasteiger partial charge on any atom is 0.326 e. The number of hydrogen-bond donors (Lipinski definition) is 1. The molecule has 0 spiro atoms. The third-order valence-corrected chi connectivity index (χ3v) is 4.68. The molecule has 0 radical (unpaired) electrons. The molecule has 1 aliphatic heterocycles. The number of nitro benzene ring substituents is 1. The fraction of sp³-hybridized carbons (Fsp3) is 0.176. The molecule has 0 fully saturated rings. The second-order valence-corrected chi connectivity index (χ2v) is 6.45. The van der Waals surface area contributed by atoms with Crippen molar-refractivity contribution in [3.05, 3.63) is 56.5 Å². The molecule has 1 aliphatic rings. The summed E-state index contributed by atoms with van der Waals surface area (Å²) in [6.07, 6.45) is 1.66. The Bertz CT molecular complexity index is 906. The number of rotatable bonds is 5. The van der Waals surface area contributed by atoms with Crippen LogP contribution in [0.3, 0.4) is 0 Å². The first-order chi connectivity index (χ1) is 12.4. The van der Waals surface area contributed by atoms with Crippen LogP contribution in [0.4, 0.5) is 11.4 Å². The van der Waals surface area contributed by atoms with Crippen LogP contribution in [0.15, 0.2) is 41.5 Å². The number of non-ortho nitro benzene ring substituents is 1. The molecule has 0 saturated carbocycles. The molecule has 9 heteroatoms. The number of carboxylic acids is 1. The fourth-order valence-electron chi connectivity index (χ4n) is 2.65. The monoisotopic (exact) mass is 374 g/mol. The van der Waals surface area contributed by atoms with Gasteiger partial charge in [0.15, 0.2) is 11.5 Å². The van der Waals surface area contributed by atoms with Crippen LogP contribution in [0.2, 0.25) is 0 Å². The van der Waals surface area contributed by atoms with E-state index in [-0.39, 0.29) is 29.3 Å². The quantitative estimate of drug-likeness (QED) is 0.488. The number of aliphatic carboxylic acids is 1. The molecule has 8 nitrogen and oxygen atoms in total. The van der Waals surface area contributed by atoms with Gasteiger partial charge in [-0.3, -0.25) is 19.8 Å². The zero-order valence-corrected chi connectivity index (χ0v) is 14.4. The van der Waals surface area contributed by atoms with E-state index < -0.39 is 22.8 Å². The standard InChI is InChI=1S/C17H14N2O6S/c1-2-12(17(21)22)18-13-8-10(19(23)24)5-6-14(13)25-15(16(18)20)9-11-4-3-7-26-11/h3-9,12H,2H2,1H3,(H,21,22)/b15-9+. The van der Waals surface area contributed by atoms with Crippen LogP contribution in [0.1, 0.15) is 18.2 Å². The lowest BCUT2D eigenvalue weighted by Crippen LogP contribution is -2.48. The van der Waals surface area contributed by atoms with Crippen LogP contribution < -0.4 is 9.64 Å². The molecule has 0 saturated heterocycles. The highest BCUT2D eigenvalue weighted by Crippen LogP contribution is 2.40. The number of thiophene rings is 1. The lowest BCUT2D eigenvalue weighted by Gasteiger charge is -2.33. The van der Waals surface area contributed by atoms with Gasteiger partial charge < -0.3 is 9.84 Å². The Hall–Kier alpha value is -3.20. The van der Waals surface area contributed by atoms with Gasteiger partial charge in [0, 0.05) is 23.1 Å². The van der Waals surface area contributed by atoms with Crippen molar-refractivity contribution in [2.45, 2.75) is 19.4 Å². The van der Waals surface area contributed by atoms with Gasteiger partial charge in [0.2, 0.25) is 0 Å². The SMILES string of the molecule is CCC(C(=O)O)N1C(=O)/C(=C\c2cccs2)Oc2ccc([N+](=O)[O-])cc21. The number of nitro groups is 1. The summed E-state index contributed by atoms with van der Waals surface area (Å²) in [5.74, 6) is -1.69. The Kier molecular flexibility index (Phi) is 4.72. The Labute approximate surface area is 152 Å². The van der Waals surface area contributed by atoms with Crippen molar-refractivity contribution in [2.75, 3.05) is 4.90 Å². The van der Waals surface area contributed by atoms with Crippen LogP contribution in [-0.4, -0.2) is 27.9 Å². The van der Waals surface area contributed by atoms with E-state index in [1.807, 2.05) is 11.4 Å². The van der Waals surface area contributed by atoms with Crippen molar-refractivity contribution in [1.82, 2.24) is 0 Å². The molecular formula is C17H14N2O6S. The van der Waals surface area contributed by atoms with Crippen molar-refractivity contribution in [3.63, 3.8) is 0 Å². The number of ether oxygens (including phenoxy) is 1. The van der Waals surface area contributed by atoms with Gasteiger partial charge in [0.25, 0.3) is 11.6 Å². The maximum absolute atomic E-state index is 12.9. The minimum atomic E-state index is -1.20. The molecule has 26 heavy (non-hydrogen) atoms. The number of nitrogens with zero attached hydrogens (tertiary/aromatic N) is 2. The third-order valence-electron chi connectivity index (χ3n) is 3.86. The first kappa shape index (κ1) is 17.6. The van der Waals surface area contributed by atoms with Crippen LogP contribution >= 0.6 is 11.3 Å². The normalized spacial score (nSPS) is 16.1. The van der Waals surface area contributed by atoms with Gasteiger partial charge in [-0.25, -0.2) is 4.79 Å². The van der Waals surface area contributed by atoms with Crippen LogP contribution in [0.25, 0.3) is 6.08 Å². The Morgan fingerprint density at radius 1 is 1.46 bits per heavy atom. The first-order valence-corrected chi connectivity index (χ1v) is 8.58. The summed E-state index contributed by atoms with van der Waals surface area (Å²) in [5, 5.41) is 22.4. The summed E-state index contributed by atoms with van der Waals surface area (Å²) >= 11 is 1.40. The van der Waals surface area contributed by atoms with Crippen molar-refractivity contribution >= 4 is 40.7 Å². The van der Waals surface area contributed by atoms with Gasteiger partial charge >= 0.3 is 5.97 Å². The highest BCUT2D eigenvalue weighted by Gasteiger charge is 2.38. The van der Waals surface area contributed by atoms with Crippen LogP contribution in [0, 0.1) is 10.1 Å². The molecule has 3 rings (SSSR count). The topological polar surface area (TPSA) is 110 Å². The van der Waals surface area contributed by atoms with Gasteiger partial charge in [0.05, 0.1) is 10.6 Å². The van der Waals surface area contributed by atoms with Gasteiger partial charge in [-0.2, -0.15) is 0 Å². The van der Waals surface area contributed by atoms with E-state index >= 15 is 0 Å². The molecule has 1 atom stereocenters. The Balaban J connectivity index is 2.15. The molecule has 1 aromatic carbocycles. The van der Waals surface area contributed by atoms with E-state index in [0.29, 0.717) is 0 Å². The highest BCUT2D eigenvalue weighted by molar-refractivity contribution is 7.10. The van der Waals surface area contributed by atoms with Crippen molar-refractivity contribution < 1.29 is 24.4 Å². The molecule has 134 valence electrons. The zero-order valence-electron chi connectivity index (χ0n) is 13.6. The minimum Gasteiger partial charge on any atom is -0.480 e. The summed E-state index contributed by atoms with van der Waals surface area (Å²) in [7, 11) is 0. The average Bonchev–Trinajstić information content (AvgIpc) is 3.10. The Morgan fingerprint density at radius 3 is 2.81 bits per heavy atom. The number of carbonyl (C=O) groups is 2. The van der Waals surface area contributed by atoms with Gasteiger partial charge in [-0.15, -0.1) is 11.3 Å². The van der Waals surface area contributed by atoms with E-state index in [4.69, 9.17) is 4.74 Å². The molecule has 1 amide bonds. The number of amides is 1. The van der Waals surface area contributed by atoms with E-state index in [1.165, 1.54) is 29.5 Å². The fourth-order valence-corrected chi connectivity index (χ4v) is 3.30. The molecule has 0 bridgehead atoms. The number of carbonyl (C=O) groups excluding carboxylic acids is 1. The second-order valence-electron chi connectivity index (χ2n) is 5.47. The lowest BCUT2D eigenvalue weighted by molar-refractivity contribution is -0.384. The summed E-state index contributed by atoms with van der Waals surface area (Å²) in [4.78, 5) is 36.8. The van der Waals surface area contributed by atoms with E-state index in [1.54, 1.807) is 13.0 Å². The summed E-state index contributed by atoms with van der Waals surface area (Å²) in [6, 6.07) is 6.20. The number of carboxylic acid groups (broad SMARTS) is 1. The predicted molar refractivity (Wildman–Crippen MR) is 95.2 cm³/mol. The molecule has 1 N–H and O–H groups in total. The predicted octanol–water partition coefficient (Wildman–Crippen LogP) is 3.29. The highest BCUT2D eigenvalue weighted by atomic mass is 32.1. The molecule has 0 aliphatic carbocycles. The first-order valence-electron chi connectivity index (χ1n) is 7.70. The Morgan fingerprint density at radius 2 is 2.23 bits per heavy atom. The molecule has 2 heterocycles. The van der Waals surface area contributed by atoms with E-state index in [0.717, 1.165) is 15.8 Å². The van der Waals surface area contributed by atoms with Crippen molar-refractivity contribution in [1.29, 1.82) is 0 Å².